The van der Waals surface area contributed by atoms with Gasteiger partial charge in [0, 0.05) is 39.1 Å². The Morgan fingerprint density at radius 2 is 2.00 bits per heavy atom. The van der Waals surface area contributed by atoms with Gasteiger partial charge in [0.25, 0.3) is 0 Å². The molecule has 2 rings (SSSR count). The predicted octanol–water partition coefficient (Wildman–Crippen LogP) is 2.82. The molecule has 19 heavy (non-hydrogen) atoms. The van der Waals surface area contributed by atoms with Gasteiger partial charge in [-0.3, -0.25) is 9.69 Å². The van der Waals surface area contributed by atoms with Crippen LogP contribution in [0.4, 0.5) is 0 Å². The fourth-order valence-electron chi connectivity index (χ4n) is 3.03. The van der Waals surface area contributed by atoms with Crippen LogP contribution in [0.25, 0.3) is 0 Å². The van der Waals surface area contributed by atoms with Crippen molar-refractivity contribution >= 4 is 5.91 Å². The Morgan fingerprint density at radius 1 is 1.21 bits per heavy atom. The first kappa shape index (κ1) is 14.6. The quantitative estimate of drug-likeness (QED) is 0.713. The molecule has 0 bridgehead atoms. The van der Waals surface area contributed by atoms with Crippen molar-refractivity contribution in [3.05, 3.63) is 11.6 Å². The van der Waals surface area contributed by atoms with E-state index in [1.807, 2.05) is 4.90 Å². The van der Waals surface area contributed by atoms with Crippen LogP contribution in [0.1, 0.15) is 51.9 Å². The molecule has 0 aromatic heterocycles. The highest BCUT2D eigenvalue weighted by Gasteiger charge is 2.20. The maximum absolute atomic E-state index is 11.8. The Balaban J connectivity index is 1.65. The van der Waals surface area contributed by atoms with Gasteiger partial charge >= 0.3 is 0 Å². The highest BCUT2D eigenvalue weighted by Crippen LogP contribution is 2.20. The van der Waals surface area contributed by atoms with Crippen molar-refractivity contribution in [2.75, 3.05) is 32.7 Å². The molecular weight excluding hydrogens is 236 g/mol. The number of allylic oxidation sites excluding steroid dienone is 1. The number of piperazine rings is 1. The second kappa shape index (κ2) is 7.68. The summed E-state index contributed by atoms with van der Waals surface area (Å²) in [5, 5.41) is 0. The van der Waals surface area contributed by atoms with Gasteiger partial charge in [-0.15, -0.1) is 0 Å². The SMILES string of the molecule is CCCC(=O)N1CCN(CCC2=CCCCC2)CC1. The van der Waals surface area contributed by atoms with Gasteiger partial charge in [0.2, 0.25) is 5.91 Å². The Morgan fingerprint density at radius 3 is 2.63 bits per heavy atom. The minimum Gasteiger partial charge on any atom is -0.340 e. The zero-order valence-electron chi connectivity index (χ0n) is 12.4. The normalized spacial score (nSPS) is 21.3. The largest absolute Gasteiger partial charge is 0.340 e. The highest BCUT2D eigenvalue weighted by atomic mass is 16.2. The van der Waals surface area contributed by atoms with E-state index in [4.69, 9.17) is 0 Å². The number of amides is 1. The van der Waals surface area contributed by atoms with Crippen LogP contribution in [0, 0.1) is 0 Å². The monoisotopic (exact) mass is 264 g/mol. The molecule has 1 aliphatic heterocycles. The molecule has 0 aromatic carbocycles. The Labute approximate surface area is 117 Å². The summed E-state index contributed by atoms with van der Waals surface area (Å²) in [4.78, 5) is 16.4. The number of hydrogen-bond donors (Lipinski definition) is 0. The molecule has 0 N–H and O–H groups in total. The number of nitrogens with zero attached hydrogens (tertiary/aromatic N) is 2. The average Bonchev–Trinajstić information content (AvgIpc) is 2.47. The lowest BCUT2D eigenvalue weighted by Crippen LogP contribution is -2.48. The fourth-order valence-corrected chi connectivity index (χ4v) is 3.03. The van der Waals surface area contributed by atoms with Crippen LogP contribution in [0.15, 0.2) is 11.6 Å². The molecule has 0 spiro atoms. The summed E-state index contributed by atoms with van der Waals surface area (Å²) in [6, 6.07) is 0. The standard InChI is InChI=1S/C16H28N2O/c1-2-6-16(19)18-13-11-17(12-14-18)10-9-15-7-4-3-5-8-15/h7H,2-6,8-14H2,1H3. The van der Waals surface area contributed by atoms with Crippen LogP contribution >= 0.6 is 0 Å². The molecule has 1 heterocycles. The molecule has 108 valence electrons. The molecule has 3 nitrogen and oxygen atoms in total. The van der Waals surface area contributed by atoms with Crippen LogP contribution < -0.4 is 0 Å². The molecule has 1 aliphatic carbocycles. The minimum atomic E-state index is 0.345. The first-order valence-electron chi connectivity index (χ1n) is 7.97. The van der Waals surface area contributed by atoms with Gasteiger partial charge in [0.15, 0.2) is 0 Å². The van der Waals surface area contributed by atoms with Crippen LogP contribution in [0.2, 0.25) is 0 Å². The predicted molar refractivity (Wildman–Crippen MR) is 79.1 cm³/mol. The van der Waals surface area contributed by atoms with E-state index in [2.05, 4.69) is 17.9 Å². The summed E-state index contributed by atoms with van der Waals surface area (Å²) in [6.45, 7) is 7.23. The van der Waals surface area contributed by atoms with Crippen molar-refractivity contribution in [2.24, 2.45) is 0 Å². The van der Waals surface area contributed by atoms with Crippen LogP contribution in [0.5, 0.6) is 0 Å². The van der Waals surface area contributed by atoms with E-state index in [0.29, 0.717) is 12.3 Å². The van der Waals surface area contributed by atoms with Crippen molar-refractivity contribution < 1.29 is 4.79 Å². The third kappa shape index (κ3) is 4.64. The highest BCUT2D eigenvalue weighted by molar-refractivity contribution is 5.76. The lowest BCUT2D eigenvalue weighted by atomic mass is 9.97. The summed E-state index contributed by atoms with van der Waals surface area (Å²) >= 11 is 0. The maximum Gasteiger partial charge on any atom is 0.222 e. The second-order valence-corrected chi connectivity index (χ2v) is 5.83. The second-order valence-electron chi connectivity index (χ2n) is 5.83. The summed E-state index contributed by atoms with van der Waals surface area (Å²) < 4.78 is 0. The summed E-state index contributed by atoms with van der Waals surface area (Å²) in [6.07, 6.45) is 10.7. The van der Waals surface area contributed by atoms with E-state index in [-0.39, 0.29) is 0 Å². The van der Waals surface area contributed by atoms with Crippen molar-refractivity contribution in [3.63, 3.8) is 0 Å². The van der Waals surface area contributed by atoms with Gasteiger partial charge < -0.3 is 4.90 Å². The van der Waals surface area contributed by atoms with Gasteiger partial charge in [-0.1, -0.05) is 18.6 Å². The van der Waals surface area contributed by atoms with E-state index in [9.17, 15) is 4.79 Å². The molecule has 3 heteroatoms. The summed E-state index contributed by atoms with van der Waals surface area (Å²) in [7, 11) is 0. The van der Waals surface area contributed by atoms with Crippen LogP contribution in [0.3, 0.4) is 0 Å². The number of carbonyl (C=O) groups is 1. The van der Waals surface area contributed by atoms with E-state index >= 15 is 0 Å². The Kier molecular flexibility index (Phi) is 5.90. The zero-order chi connectivity index (χ0) is 13.5. The fraction of sp³-hybridized carbons (Fsp3) is 0.812. The molecule has 0 unspecified atom stereocenters. The van der Waals surface area contributed by atoms with Crippen molar-refractivity contribution in [1.82, 2.24) is 9.80 Å². The summed E-state index contributed by atoms with van der Waals surface area (Å²) in [5.41, 5.74) is 1.66. The molecule has 1 fully saturated rings. The van der Waals surface area contributed by atoms with Gasteiger partial charge in [-0.25, -0.2) is 0 Å². The van der Waals surface area contributed by atoms with Crippen LogP contribution in [-0.4, -0.2) is 48.4 Å². The van der Waals surface area contributed by atoms with E-state index in [1.54, 1.807) is 5.57 Å². The molecule has 0 atom stereocenters. The zero-order valence-corrected chi connectivity index (χ0v) is 12.4. The molecule has 1 amide bonds. The number of rotatable bonds is 5. The maximum atomic E-state index is 11.8. The molecular formula is C16H28N2O. The molecule has 0 saturated carbocycles. The topological polar surface area (TPSA) is 23.6 Å². The molecule has 2 aliphatic rings. The number of carbonyl (C=O) groups excluding carboxylic acids is 1. The Bertz CT molecular complexity index is 317. The third-order valence-electron chi connectivity index (χ3n) is 4.32. The molecule has 0 radical (unpaired) electrons. The first-order valence-corrected chi connectivity index (χ1v) is 7.97. The van der Waals surface area contributed by atoms with Gasteiger partial charge in [-0.05, 0) is 38.5 Å². The third-order valence-corrected chi connectivity index (χ3v) is 4.32. The smallest absolute Gasteiger partial charge is 0.222 e. The van der Waals surface area contributed by atoms with Gasteiger partial charge in [-0.2, -0.15) is 0 Å². The van der Waals surface area contributed by atoms with E-state index in [1.165, 1.54) is 38.6 Å². The van der Waals surface area contributed by atoms with Gasteiger partial charge in [0.1, 0.15) is 0 Å². The lowest BCUT2D eigenvalue weighted by Gasteiger charge is -2.35. The minimum absolute atomic E-state index is 0.345. The lowest BCUT2D eigenvalue weighted by molar-refractivity contribution is -0.132. The van der Waals surface area contributed by atoms with Crippen molar-refractivity contribution in [2.45, 2.75) is 51.9 Å². The van der Waals surface area contributed by atoms with E-state index in [0.717, 1.165) is 32.6 Å². The summed E-state index contributed by atoms with van der Waals surface area (Å²) in [5.74, 6) is 0.345. The van der Waals surface area contributed by atoms with Crippen molar-refractivity contribution in [3.8, 4) is 0 Å². The average molecular weight is 264 g/mol. The number of hydrogen-bond acceptors (Lipinski definition) is 2. The van der Waals surface area contributed by atoms with Crippen molar-refractivity contribution in [1.29, 1.82) is 0 Å². The van der Waals surface area contributed by atoms with E-state index < -0.39 is 0 Å². The molecule has 0 aromatic rings. The molecule has 1 saturated heterocycles. The Hall–Kier alpha value is -0.830. The van der Waals surface area contributed by atoms with Gasteiger partial charge in [0.05, 0.1) is 0 Å². The van der Waals surface area contributed by atoms with Crippen LogP contribution in [-0.2, 0) is 4.79 Å². The first-order chi connectivity index (χ1) is 9.29.